The molecule has 0 amide bonds. The van der Waals surface area contributed by atoms with Crippen LogP contribution in [0.25, 0.3) is 0 Å². The average molecular weight is 213 g/mol. The Morgan fingerprint density at radius 2 is 2.14 bits per heavy atom. The molecule has 1 atom stereocenters. The Hall–Kier alpha value is -1.20. The molecule has 0 bridgehead atoms. The van der Waals surface area contributed by atoms with Gasteiger partial charge in [0, 0.05) is 16.3 Å². The van der Waals surface area contributed by atoms with E-state index in [-0.39, 0.29) is 5.75 Å². The van der Waals surface area contributed by atoms with Crippen LogP contribution in [0.2, 0.25) is 0 Å². The topological polar surface area (TPSA) is 83.5 Å². The van der Waals surface area contributed by atoms with E-state index in [1.807, 2.05) is 6.07 Å². The van der Waals surface area contributed by atoms with Gasteiger partial charge in [-0.25, -0.2) is 4.79 Å². The Morgan fingerprint density at radius 1 is 1.50 bits per heavy atom. The molecule has 4 nitrogen and oxygen atoms in total. The van der Waals surface area contributed by atoms with E-state index in [2.05, 4.69) is 0 Å². The molecule has 0 spiro atoms. The SMILES string of the molecule is Nc1ccccc1SCC(O)C(=O)O. The standard InChI is InChI=1S/C9H11NO3S/c10-6-3-1-2-4-8(6)14-5-7(11)9(12)13/h1-4,7,11H,5,10H2,(H,12,13). The van der Waals surface area contributed by atoms with Crippen molar-refractivity contribution in [3.8, 4) is 0 Å². The Bertz CT molecular complexity index is 330. The second-order valence-corrected chi connectivity index (χ2v) is 3.76. The van der Waals surface area contributed by atoms with Gasteiger partial charge in [0.25, 0.3) is 0 Å². The fraction of sp³-hybridized carbons (Fsp3) is 0.222. The van der Waals surface area contributed by atoms with Crippen molar-refractivity contribution in [2.75, 3.05) is 11.5 Å². The quantitative estimate of drug-likeness (QED) is 0.509. The van der Waals surface area contributed by atoms with Crippen molar-refractivity contribution in [1.82, 2.24) is 0 Å². The van der Waals surface area contributed by atoms with Crippen LogP contribution in [-0.2, 0) is 4.79 Å². The number of aliphatic carboxylic acids is 1. The van der Waals surface area contributed by atoms with Gasteiger partial charge in [-0.15, -0.1) is 11.8 Å². The third-order valence-electron chi connectivity index (χ3n) is 1.60. The predicted molar refractivity (Wildman–Crippen MR) is 55.2 cm³/mol. The fourth-order valence-corrected chi connectivity index (χ4v) is 1.74. The first-order valence-electron chi connectivity index (χ1n) is 3.99. The number of anilines is 1. The average Bonchev–Trinajstić information content (AvgIpc) is 2.16. The number of nitrogens with two attached hydrogens (primary N) is 1. The number of carboxylic acids is 1. The van der Waals surface area contributed by atoms with Crippen LogP contribution in [-0.4, -0.2) is 28.0 Å². The van der Waals surface area contributed by atoms with Crippen molar-refractivity contribution >= 4 is 23.4 Å². The number of benzene rings is 1. The number of carboxylic acid groups (broad SMARTS) is 1. The van der Waals surface area contributed by atoms with E-state index >= 15 is 0 Å². The van der Waals surface area contributed by atoms with Gasteiger partial charge in [-0.05, 0) is 12.1 Å². The number of hydrogen-bond donors (Lipinski definition) is 3. The largest absolute Gasteiger partial charge is 0.479 e. The lowest BCUT2D eigenvalue weighted by Gasteiger charge is -2.06. The summed E-state index contributed by atoms with van der Waals surface area (Å²) in [4.78, 5) is 11.1. The first-order chi connectivity index (χ1) is 6.61. The summed E-state index contributed by atoms with van der Waals surface area (Å²) >= 11 is 1.23. The van der Waals surface area contributed by atoms with Crippen LogP contribution in [0.3, 0.4) is 0 Å². The second-order valence-electron chi connectivity index (χ2n) is 2.70. The van der Waals surface area contributed by atoms with E-state index in [9.17, 15) is 4.79 Å². The summed E-state index contributed by atoms with van der Waals surface area (Å²) in [5.74, 6) is -1.11. The zero-order valence-electron chi connectivity index (χ0n) is 7.38. The van der Waals surface area contributed by atoms with Gasteiger partial charge >= 0.3 is 5.97 Å². The van der Waals surface area contributed by atoms with Gasteiger partial charge in [-0.1, -0.05) is 12.1 Å². The van der Waals surface area contributed by atoms with E-state index < -0.39 is 12.1 Å². The maximum atomic E-state index is 10.3. The highest BCUT2D eigenvalue weighted by molar-refractivity contribution is 7.99. The third kappa shape index (κ3) is 2.93. The molecule has 14 heavy (non-hydrogen) atoms. The minimum Gasteiger partial charge on any atom is -0.479 e. The summed E-state index contributed by atoms with van der Waals surface area (Å²) in [7, 11) is 0. The number of thioether (sulfide) groups is 1. The summed E-state index contributed by atoms with van der Waals surface area (Å²) in [6.07, 6.45) is -1.35. The van der Waals surface area contributed by atoms with E-state index in [1.54, 1.807) is 18.2 Å². The molecule has 0 fully saturated rings. The van der Waals surface area contributed by atoms with Crippen LogP contribution < -0.4 is 5.73 Å². The van der Waals surface area contributed by atoms with Crippen LogP contribution in [0.5, 0.6) is 0 Å². The molecule has 5 heteroatoms. The summed E-state index contributed by atoms with van der Waals surface area (Å²) in [6.45, 7) is 0. The number of hydrogen-bond acceptors (Lipinski definition) is 4. The normalized spacial score (nSPS) is 12.4. The molecule has 1 aromatic carbocycles. The third-order valence-corrected chi connectivity index (χ3v) is 2.77. The maximum Gasteiger partial charge on any atom is 0.333 e. The molecule has 1 aromatic rings. The number of rotatable bonds is 4. The van der Waals surface area contributed by atoms with Gasteiger partial charge in [-0.2, -0.15) is 0 Å². The minimum absolute atomic E-state index is 0.101. The van der Waals surface area contributed by atoms with E-state index in [4.69, 9.17) is 15.9 Å². The molecule has 1 rings (SSSR count). The Morgan fingerprint density at radius 3 is 2.71 bits per heavy atom. The Labute approximate surface area is 85.7 Å². The van der Waals surface area contributed by atoms with Gasteiger partial charge in [0.2, 0.25) is 0 Å². The van der Waals surface area contributed by atoms with Gasteiger partial charge in [-0.3, -0.25) is 0 Å². The summed E-state index contributed by atoms with van der Waals surface area (Å²) in [6, 6.07) is 7.13. The number of aliphatic hydroxyl groups excluding tert-OH is 1. The van der Waals surface area contributed by atoms with Gasteiger partial charge in [0.05, 0.1) is 0 Å². The van der Waals surface area contributed by atoms with Crippen LogP contribution in [0.1, 0.15) is 0 Å². The molecule has 0 aromatic heterocycles. The molecular weight excluding hydrogens is 202 g/mol. The van der Waals surface area contributed by atoms with Crippen molar-refractivity contribution in [2.24, 2.45) is 0 Å². The van der Waals surface area contributed by atoms with Crippen molar-refractivity contribution in [3.63, 3.8) is 0 Å². The summed E-state index contributed by atoms with van der Waals surface area (Å²) in [5, 5.41) is 17.5. The van der Waals surface area contributed by atoms with Gasteiger partial charge in [0.1, 0.15) is 0 Å². The molecule has 76 valence electrons. The van der Waals surface area contributed by atoms with E-state index in [1.165, 1.54) is 11.8 Å². The number of para-hydroxylation sites is 1. The van der Waals surface area contributed by atoms with Crippen molar-refractivity contribution < 1.29 is 15.0 Å². The lowest BCUT2D eigenvalue weighted by atomic mass is 10.3. The molecule has 0 saturated carbocycles. The zero-order valence-corrected chi connectivity index (χ0v) is 8.20. The first-order valence-corrected chi connectivity index (χ1v) is 4.98. The zero-order chi connectivity index (χ0) is 10.6. The highest BCUT2D eigenvalue weighted by atomic mass is 32.2. The summed E-state index contributed by atoms with van der Waals surface area (Å²) in [5.41, 5.74) is 6.23. The van der Waals surface area contributed by atoms with E-state index in [0.717, 1.165) is 4.90 Å². The number of carbonyl (C=O) groups is 1. The van der Waals surface area contributed by atoms with Crippen molar-refractivity contribution in [3.05, 3.63) is 24.3 Å². The fourth-order valence-electron chi connectivity index (χ4n) is 0.852. The van der Waals surface area contributed by atoms with Crippen LogP contribution in [0.4, 0.5) is 5.69 Å². The highest BCUT2D eigenvalue weighted by Crippen LogP contribution is 2.24. The smallest absolute Gasteiger partial charge is 0.333 e. The molecule has 0 radical (unpaired) electrons. The van der Waals surface area contributed by atoms with Crippen LogP contribution in [0.15, 0.2) is 29.2 Å². The molecule has 1 unspecified atom stereocenters. The van der Waals surface area contributed by atoms with Gasteiger partial charge < -0.3 is 15.9 Å². The molecule has 0 saturated heterocycles. The lowest BCUT2D eigenvalue weighted by Crippen LogP contribution is -2.21. The van der Waals surface area contributed by atoms with Crippen LogP contribution in [0, 0.1) is 0 Å². The molecule has 0 aliphatic heterocycles. The molecule has 0 heterocycles. The number of nitrogen functional groups attached to an aromatic ring is 1. The summed E-state index contributed by atoms with van der Waals surface area (Å²) < 4.78 is 0. The molecular formula is C9H11NO3S. The Balaban J connectivity index is 2.54. The van der Waals surface area contributed by atoms with E-state index in [0.29, 0.717) is 5.69 Å². The minimum atomic E-state index is -1.35. The maximum absolute atomic E-state index is 10.3. The van der Waals surface area contributed by atoms with Crippen molar-refractivity contribution in [1.29, 1.82) is 0 Å². The van der Waals surface area contributed by atoms with Crippen molar-refractivity contribution in [2.45, 2.75) is 11.0 Å². The monoisotopic (exact) mass is 213 g/mol. The molecule has 0 aliphatic carbocycles. The highest BCUT2D eigenvalue weighted by Gasteiger charge is 2.13. The second kappa shape index (κ2) is 4.88. The first kappa shape index (κ1) is 10.9. The predicted octanol–water partition coefficient (Wildman–Crippen LogP) is 0.806. The molecule has 4 N–H and O–H groups in total. The van der Waals surface area contributed by atoms with Crippen LogP contribution >= 0.6 is 11.8 Å². The molecule has 0 aliphatic rings. The Kier molecular flexibility index (Phi) is 3.79. The van der Waals surface area contributed by atoms with Gasteiger partial charge in [0.15, 0.2) is 6.10 Å². The number of aliphatic hydroxyl groups is 1. The lowest BCUT2D eigenvalue weighted by molar-refractivity contribution is -0.145.